The van der Waals surface area contributed by atoms with Crippen molar-refractivity contribution in [2.75, 3.05) is 12.4 Å². The van der Waals surface area contributed by atoms with E-state index in [1.807, 2.05) is 42.2 Å². The normalized spacial score (nSPS) is 22.5. The van der Waals surface area contributed by atoms with Crippen LogP contribution in [0.2, 0.25) is 0 Å². The molecule has 0 spiro atoms. The average molecular weight is 340 g/mol. The van der Waals surface area contributed by atoms with Gasteiger partial charge >= 0.3 is 0 Å². The lowest BCUT2D eigenvalue weighted by molar-refractivity contribution is 0.0715. The summed E-state index contributed by atoms with van der Waals surface area (Å²) >= 11 is 1.71. The number of aromatic nitrogens is 2. The highest BCUT2D eigenvalue weighted by Crippen LogP contribution is 2.44. The molecular formula is C17H16N4O2S. The summed E-state index contributed by atoms with van der Waals surface area (Å²) in [5, 5.41) is -0.0812. The second-order valence-corrected chi connectivity index (χ2v) is 6.55. The molecule has 0 unspecified atom stereocenters. The van der Waals surface area contributed by atoms with E-state index in [1.165, 1.54) is 6.20 Å². The van der Waals surface area contributed by atoms with Crippen molar-refractivity contribution in [1.29, 1.82) is 0 Å². The molecule has 3 heterocycles. The Balaban J connectivity index is 1.82. The van der Waals surface area contributed by atoms with Crippen molar-refractivity contribution in [3.8, 4) is 0 Å². The number of hydrogen-bond donors (Lipinski definition) is 0. The molecule has 0 bridgehead atoms. The molecule has 0 aliphatic carbocycles. The minimum Gasteiger partial charge on any atom is -0.479 e. The maximum atomic E-state index is 13.1. The molecule has 0 radical (unpaired) electrons. The summed E-state index contributed by atoms with van der Waals surface area (Å²) in [6.45, 7) is 2.40. The third-order valence-electron chi connectivity index (χ3n) is 3.99. The Bertz CT molecular complexity index is 796. The Hall–Kier alpha value is -2.41. The van der Waals surface area contributed by atoms with Crippen LogP contribution < -0.4 is 0 Å². The minimum absolute atomic E-state index is 0.0812. The van der Waals surface area contributed by atoms with Crippen molar-refractivity contribution in [2.45, 2.75) is 18.3 Å². The molecule has 1 fully saturated rings. The molecule has 1 aromatic heterocycles. The number of carbonyl (C=O) groups excluding carboxylic acids is 1. The fourth-order valence-electron chi connectivity index (χ4n) is 2.96. The first kappa shape index (κ1) is 15.1. The van der Waals surface area contributed by atoms with Crippen LogP contribution in [0.4, 0.5) is 5.82 Å². The predicted molar refractivity (Wildman–Crippen MR) is 92.4 cm³/mol. The van der Waals surface area contributed by atoms with Crippen LogP contribution in [0.25, 0.3) is 0 Å². The van der Waals surface area contributed by atoms with Gasteiger partial charge in [0.15, 0.2) is 11.5 Å². The highest BCUT2D eigenvalue weighted by atomic mass is 32.2. The highest BCUT2D eigenvalue weighted by Gasteiger charge is 2.45. The molecule has 4 rings (SSSR count). The van der Waals surface area contributed by atoms with Gasteiger partial charge in [-0.2, -0.15) is 4.99 Å². The maximum absolute atomic E-state index is 13.1. The van der Waals surface area contributed by atoms with Gasteiger partial charge in [0.1, 0.15) is 11.4 Å². The van der Waals surface area contributed by atoms with E-state index >= 15 is 0 Å². The fraction of sp³-hybridized carbons (Fsp3) is 0.294. The zero-order valence-electron chi connectivity index (χ0n) is 13.1. The summed E-state index contributed by atoms with van der Waals surface area (Å²) in [7, 11) is 0. The molecule has 24 heavy (non-hydrogen) atoms. The van der Waals surface area contributed by atoms with Crippen LogP contribution in [0.5, 0.6) is 0 Å². The largest absolute Gasteiger partial charge is 0.479 e. The van der Waals surface area contributed by atoms with Gasteiger partial charge in [-0.3, -0.25) is 4.79 Å². The van der Waals surface area contributed by atoms with Gasteiger partial charge in [0.05, 0.1) is 6.61 Å². The molecular weight excluding hydrogens is 324 g/mol. The van der Waals surface area contributed by atoms with Gasteiger partial charge < -0.3 is 9.64 Å². The highest BCUT2D eigenvalue weighted by molar-refractivity contribution is 7.99. The smallest absolute Gasteiger partial charge is 0.278 e. The minimum atomic E-state index is -0.205. The number of rotatable bonds is 2. The van der Waals surface area contributed by atoms with Gasteiger partial charge in [-0.25, -0.2) is 9.97 Å². The van der Waals surface area contributed by atoms with Gasteiger partial charge in [0.2, 0.25) is 5.90 Å². The molecule has 2 aliphatic heterocycles. The van der Waals surface area contributed by atoms with Gasteiger partial charge in [-0.05, 0) is 12.5 Å². The van der Waals surface area contributed by atoms with Gasteiger partial charge in [-0.15, -0.1) is 11.8 Å². The number of carbonyl (C=O) groups is 1. The second-order valence-electron chi connectivity index (χ2n) is 5.44. The zero-order valence-corrected chi connectivity index (χ0v) is 13.9. The van der Waals surface area contributed by atoms with E-state index in [0.717, 1.165) is 11.3 Å². The Morgan fingerprint density at radius 3 is 2.83 bits per heavy atom. The topological polar surface area (TPSA) is 67.7 Å². The van der Waals surface area contributed by atoms with E-state index < -0.39 is 0 Å². The van der Waals surface area contributed by atoms with E-state index in [-0.39, 0.29) is 23.0 Å². The van der Waals surface area contributed by atoms with E-state index in [1.54, 1.807) is 18.0 Å². The Labute approximate surface area is 144 Å². The lowest BCUT2D eigenvalue weighted by atomic mass is 10.1. The van der Waals surface area contributed by atoms with Gasteiger partial charge in [-0.1, -0.05) is 30.3 Å². The summed E-state index contributed by atoms with van der Waals surface area (Å²) in [6, 6.07) is 9.80. The molecule has 2 aliphatic rings. The zero-order chi connectivity index (χ0) is 16.5. The maximum Gasteiger partial charge on any atom is 0.278 e. The third kappa shape index (κ3) is 2.45. The number of nitrogens with zero attached hydrogens (tertiary/aromatic N) is 4. The van der Waals surface area contributed by atoms with Gasteiger partial charge in [0.25, 0.3) is 5.91 Å². The molecule has 6 nitrogen and oxygen atoms in total. The van der Waals surface area contributed by atoms with Crippen LogP contribution in [0.3, 0.4) is 0 Å². The van der Waals surface area contributed by atoms with Crippen LogP contribution >= 0.6 is 11.8 Å². The third-order valence-corrected chi connectivity index (χ3v) is 5.32. The van der Waals surface area contributed by atoms with E-state index in [0.29, 0.717) is 18.3 Å². The van der Waals surface area contributed by atoms with Crippen molar-refractivity contribution in [3.05, 3.63) is 54.0 Å². The number of hydrogen-bond acceptors (Lipinski definition) is 6. The van der Waals surface area contributed by atoms with Crippen molar-refractivity contribution in [2.24, 2.45) is 4.99 Å². The van der Waals surface area contributed by atoms with Crippen LogP contribution in [0.15, 0.2) is 47.7 Å². The van der Waals surface area contributed by atoms with Crippen LogP contribution in [-0.4, -0.2) is 45.1 Å². The van der Waals surface area contributed by atoms with Crippen molar-refractivity contribution in [3.63, 3.8) is 0 Å². The number of ether oxygens (including phenoxy) is 1. The Morgan fingerprint density at radius 2 is 2.04 bits per heavy atom. The molecule has 7 heteroatoms. The number of aliphatic imine (C=N–C) groups is 1. The van der Waals surface area contributed by atoms with Crippen LogP contribution in [0.1, 0.15) is 28.3 Å². The summed E-state index contributed by atoms with van der Waals surface area (Å²) in [5.74, 6) is 1.45. The van der Waals surface area contributed by atoms with E-state index in [2.05, 4.69) is 15.0 Å². The number of thioether (sulfide) groups is 1. The fourth-order valence-corrected chi connectivity index (χ4v) is 4.38. The molecule has 0 N–H and O–H groups in total. The van der Waals surface area contributed by atoms with Gasteiger partial charge in [0, 0.05) is 18.1 Å². The van der Waals surface area contributed by atoms with Crippen molar-refractivity contribution < 1.29 is 9.53 Å². The van der Waals surface area contributed by atoms with Crippen molar-refractivity contribution in [1.82, 2.24) is 14.9 Å². The van der Waals surface area contributed by atoms with Crippen LogP contribution in [0, 0.1) is 0 Å². The summed E-state index contributed by atoms with van der Waals surface area (Å²) < 4.78 is 5.74. The quantitative estimate of drug-likeness (QED) is 0.841. The molecule has 122 valence electrons. The molecule has 0 saturated carbocycles. The number of benzene rings is 1. The molecule has 1 aromatic carbocycles. The Kier molecular flexibility index (Phi) is 3.93. The lowest BCUT2D eigenvalue weighted by Crippen LogP contribution is -2.43. The first-order valence-corrected chi connectivity index (χ1v) is 8.86. The first-order chi connectivity index (χ1) is 11.8. The molecule has 1 saturated heterocycles. The van der Waals surface area contributed by atoms with E-state index in [4.69, 9.17) is 4.74 Å². The second kappa shape index (κ2) is 6.24. The summed E-state index contributed by atoms with van der Waals surface area (Å²) in [4.78, 5) is 27.9. The SMILES string of the molecule is CCOC1=Nc2nccnc2C(=O)N2[C@H]1CS[C@H]2c1ccccc1. The predicted octanol–water partition coefficient (Wildman–Crippen LogP) is 2.81. The summed E-state index contributed by atoms with van der Waals surface area (Å²) in [5.41, 5.74) is 1.36. The monoisotopic (exact) mass is 340 g/mol. The standard InChI is InChI=1S/C17H16N4O2S/c1-2-23-15-12-10-24-17(11-6-4-3-5-7-11)21(12)16(22)13-14(20-15)19-9-8-18-13/h3-9,12,17H,2,10H2,1H3/t12-,17-/m0/s1. The Morgan fingerprint density at radius 1 is 1.25 bits per heavy atom. The molecule has 1 amide bonds. The summed E-state index contributed by atoms with van der Waals surface area (Å²) in [6.07, 6.45) is 3.06. The molecule has 2 atom stereocenters. The average Bonchev–Trinajstić information content (AvgIpc) is 3.02. The first-order valence-electron chi connectivity index (χ1n) is 7.81. The molecule has 2 aromatic rings. The number of fused-ring (bicyclic) bond motifs is 2. The van der Waals surface area contributed by atoms with Crippen LogP contribution in [-0.2, 0) is 4.74 Å². The lowest BCUT2D eigenvalue weighted by Gasteiger charge is -2.28. The number of amides is 1. The van der Waals surface area contributed by atoms with Crippen molar-refractivity contribution >= 4 is 29.4 Å². The van der Waals surface area contributed by atoms with E-state index in [9.17, 15) is 4.79 Å².